The molecule has 2 aliphatic heterocycles. The smallest absolute Gasteiger partial charge is 0.311 e. The van der Waals surface area contributed by atoms with Crippen molar-refractivity contribution in [2.45, 2.75) is 32.0 Å². The maximum Gasteiger partial charge on any atom is 0.311 e. The van der Waals surface area contributed by atoms with Crippen molar-refractivity contribution in [3.8, 4) is 0 Å². The molecule has 2 aliphatic rings. The van der Waals surface area contributed by atoms with Crippen molar-refractivity contribution in [2.75, 3.05) is 20.2 Å². The largest absolute Gasteiger partial charge is 0.469 e. The van der Waals surface area contributed by atoms with E-state index in [0.717, 1.165) is 16.7 Å². The fourth-order valence-corrected chi connectivity index (χ4v) is 4.70. The number of fused-ring (bicyclic) bond motifs is 1. The van der Waals surface area contributed by atoms with Crippen LogP contribution in [0.15, 0.2) is 48.5 Å². The Balaban J connectivity index is 1.59. The number of rotatable bonds is 4. The molecule has 29 heavy (non-hydrogen) atoms. The molecule has 0 unspecified atom stereocenters. The molecular weight excluding hydrogens is 371 g/mol. The van der Waals surface area contributed by atoms with Crippen molar-refractivity contribution in [3.05, 3.63) is 71.0 Å². The molecule has 0 aliphatic carbocycles. The second-order valence-electron chi connectivity index (χ2n) is 7.92. The lowest BCUT2D eigenvalue weighted by Gasteiger charge is -2.40. The third kappa shape index (κ3) is 3.77. The van der Waals surface area contributed by atoms with Gasteiger partial charge in [0.1, 0.15) is 5.82 Å². The molecule has 4 rings (SSSR count). The Morgan fingerprint density at radius 2 is 1.97 bits per heavy atom. The number of aryl methyl sites for hydroxylation is 1. The molecule has 2 fully saturated rings. The quantitative estimate of drug-likeness (QED) is 0.746. The number of nitrogens with zero attached hydrogens (tertiary/aromatic N) is 2. The minimum absolute atomic E-state index is 0.00411. The normalized spacial score (nSPS) is 24.4. The van der Waals surface area contributed by atoms with Crippen LogP contribution in [0.3, 0.4) is 0 Å². The topological polar surface area (TPSA) is 49.9 Å². The molecule has 2 saturated heterocycles. The molecule has 152 valence electrons. The second kappa shape index (κ2) is 7.95. The molecule has 2 aromatic carbocycles. The summed E-state index contributed by atoms with van der Waals surface area (Å²) in [6.07, 6.45) is 0.566. The van der Waals surface area contributed by atoms with Gasteiger partial charge in [-0.2, -0.15) is 0 Å². The predicted molar refractivity (Wildman–Crippen MR) is 106 cm³/mol. The third-order valence-electron chi connectivity index (χ3n) is 6.07. The minimum Gasteiger partial charge on any atom is -0.469 e. The van der Waals surface area contributed by atoms with Crippen LogP contribution in [-0.2, 0) is 20.9 Å². The molecule has 0 N–H and O–H groups in total. The summed E-state index contributed by atoms with van der Waals surface area (Å²) in [5, 5.41) is 0. The summed E-state index contributed by atoms with van der Waals surface area (Å²) < 4.78 is 18.7. The number of esters is 1. The zero-order chi connectivity index (χ0) is 20.5. The van der Waals surface area contributed by atoms with Crippen LogP contribution in [0.5, 0.6) is 0 Å². The van der Waals surface area contributed by atoms with Gasteiger partial charge in [0.2, 0.25) is 5.91 Å². The predicted octanol–water partition coefficient (Wildman–Crippen LogP) is 3.08. The van der Waals surface area contributed by atoms with E-state index in [1.165, 1.54) is 19.2 Å². The molecule has 2 heterocycles. The van der Waals surface area contributed by atoms with Crippen molar-refractivity contribution < 1.29 is 18.7 Å². The Morgan fingerprint density at radius 1 is 1.21 bits per heavy atom. The highest BCUT2D eigenvalue weighted by atomic mass is 19.1. The van der Waals surface area contributed by atoms with Gasteiger partial charge in [0, 0.05) is 19.1 Å². The first kappa shape index (κ1) is 19.6. The van der Waals surface area contributed by atoms with Gasteiger partial charge in [-0.15, -0.1) is 0 Å². The standard InChI is InChI=1S/C23H25FN2O3/c1-15-8-9-18(24)10-17(15)12-25-13-19-11-20(23(28)29-2)22(26(19)21(27)14-25)16-6-4-3-5-7-16/h3-10,19-20,22H,11-14H2,1-2H3/t19-,20-,22-/m0/s1. The molecule has 0 radical (unpaired) electrons. The van der Waals surface area contributed by atoms with Crippen LogP contribution in [0.25, 0.3) is 0 Å². The molecule has 5 nitrogen and oxygen atoms in total. The number of halogens is 1. The summed E-state index contributed by atoms with van der Waals surface area (Å²) in [7, 11) is 1.39. The number of hydrogen-bond acceptors (Lipinski definition) is 4. The van der Waals surface area contributed by atoms with Crippen LogP contribution < -0.4 is 0 Å². The van der Waals surface area contributed by atoms with Crippen LogP contribution in [0.2, 0.25) is 0 Å². The summed E-state index contributed by atoms with van der Waals surface area (Å²) in [5.41, 5.74) is 2.84. The van der Waals surface area contributed by atoms with Gasteiger partial charge in [0.15, 0.2) is 0 Å². The number of hydrogen-bond donors (Lipinski definition) is 0. The first-order valence-electron chi connectivity index (χ1n) is 9.89. The minimum atomic E-state index is -0.382. The number of piperazine rings is 1. The van der Waals surface area contributed by atoms with Crippen LogP contribution >= 0.6 is 0 Å². The maximum atomic E-state index is 13.7. The highest BCUT2D eigenvalue weighted by Gasteiger charge is 2.50. The molecule has 6 heteroatoms. The summed E-state index contributed by atoms with van der Waals surface area (Å²) in [5.74, 6) is -0.942. The number of carbonyl (C=O) groups is 2. The number of ether oxygens (including phenoxy) is 1. The van der Waals surface area contributed by atoms with Crippen molar-refractivity contribution in [1.82, 2.24) is 9.80 Å². The summed E-state index contributed by atoms with van der Waals surface area (Å²) in [6.45, 7) is 3.36. The van der Waals surface area contributed by atoms with Gasteiger partial charge in [-0.25, -0.2) is 4.39 Å². The Hall–Kier alpha value is -2.73. The van der Waals surface area contributed by atoms with Crippen molar-refractivity contribution in [2.24, 2.45) is 5.92 Å². The maximum absolute atomic E-state index is 13.7. The monoisotopic (exact) mass is 396 g/mol. The Kier molecular flexibility index (Phi) is 5.37. The number of amides is 1. The van der Waals surface area contributed by atoms with E-state index >= 15 is 0 Å². The molecule has 0 bridgehead atoms. The first-order valence-corrected chi connectivity index (χ1v) is 9.89. The third-order valence-corrected chi connectivity index (χ3v) is 6.07. The highest BCUT2D eigenvalue weighted by molar-refractivity contribution is 5.83. The van der Waals surface area contributed by atoms with Gasteiger partial charge in [0.05, 0.1) is 25.6 Å². The lowest BCUT2D eigenvalue weighted by Crippen LogP contribution is -2.54. The van der Waals surface area contributed by atoms with Crippen LogP contribution in [0, 0.1) is 18.7 Å². The fraction of sp³-hybridized carbons (Fsp3) is 0.391. The Morgan fingerprint density at radius 3 is 2.69 bits per heavy atom. The zero-order valence-electron chi connectivity index (χ0n) is 16.7. The molecule has 1 amide bonds. The van der Waals surface area contributed by atoms with E-state index in [0.29, 0.717) is 19.5 Å². The lowest BCUT2D eigenvalue weighted by atomic mass is 9.93. The SMILES string of the molecule is COC(=O)[C@H]1C[C@H]2CN(Cc3cc(F)ccc3C)CC(=O)N2[C@H]1c1ccccc1. The average Bonchev–Trinajstić information content (AvgIpc) is 3.11. The Bertz CT molecular complexity index is 918. The van der Waals surface area contributed by atoms with E-state index < -0.39 is 0 Å². The van der Waals surface area contributed by atoms with Crippen LogP contribution in [-0.4, -0.2) is 47.9 Å². The van der Waals surface area contributed by atoms with Gasteiger partial charge in [-0.1, -0.05) is 36.4 Å². The molecular formula is C23H25FN2O3. The summed E-state index contributed by atoms with van der Waals surface area (Å²) in [6, 6.07) is 14.0. The van der Waals surface area contributed by atoms with Gasteiger partial charge in [0.25, 0.3) is 0 Å². The van der Waals surface area contributed by atoms with Gasteiger partial charge in [-0.3, -0.25) is 14.5 Å². The fourth-order valence-electron chi connectivity index (χ4n) is 4.70. The van der Waals surface area contributed by atoms with E-state index in [4.69, 9.17) is 4.74 Å². The van der Waals surface area contributed by atoms with Crippen molar-refractivity contribution in [3.63, 3.8) is 0 Å². The van der Waals surface area contributed by atoms with E-state index in [2.05, 4.69) is 0 Å². The van der Waals surface area contributed by atoms with Gasteiger partial charge in [-0.05, 0) is 42.2 Å². The van der Waals surface area contributed by atoms with E-state index in [1.54, 1.807) is 6.07 Å². The lowest BCUT2D eigenvalue weighted by molar-refractivity contribution is -0.147. The van der Waals surface area contributed by atoms with Crippen molar-refractivity contribution in [1.29, 1.82) is 0 Å². The Labute approximate surface area is 170 Å². The van der Waals surface area contributed by atoms with Crippen LogP contribution in [0.4, 0.5) is 4.39 Å². The van der Waals surface area contributed by atoms with Crippen LogP contribution in [0.1, 0.15) is 29.2 Å². The second-order valence-corrected chi connectivity index (χ2v) is 7.92. The summed E-state index contributed by atoms with van der Waals surface area (Å²) in [4.78, 5) is 29.5. The number of carbonyl (C=O) groups excluding carboxylic acids is 2. The molecule has 2 aromatic rings. The van der Waals surface area contributed by atoms with Gasteiger partial charge < -0.3 is 9.64 Å². The van der Waals surface area contributed by atoms with E-state index in [9.17, 15) is 14.0 Å². The van der Waals surface area contributed by atoms with E-state index in [-0.39, 0.29) is 42.2 Å². The van der Waals surface area contributed by atoms with E-state index in [1.807, 2.05) is 47.1 Å². The average molecular weight is 396 g/mol. The van der Waals surface area contributed by atoms with Gasteiger partial charge >= 0.3 is 5.97 Å². The number of methoxy groups -OCH3 is 1. The molecule has 0 saturated carbocycles. The zero-order valence-corrected chi connectivity index (χ0v) is 16.7. The first-order chi connectivity index (χ1) is 14.0. The van der Waals surface area contributed by atoms with Crippen molar-refractivity contribution >= 4 is 11.9 Å². The highest BCUT2D eigenvalue weighted by Crippen LogP contribution is 2.43. The number of benzene rings is 2. The summed E-state index contributed by atoms with van der Waals surface area (Å²) >= 11 is 0. The molecule has 3 atom stereocenters. The molecule has 0 spiro atoms. The molecule has 0 aromatic heterocycles.